The lowest BCUT2D eigenvalue weighted by Gasteiger charge is -2.40. The second-order valence-corrected chi connectivity index (χ2v) is 13.1. The van der Waals surface area contributed by atoms with Crippen LogP contribution in [0.15, 0.2) is 136 Å². The van der Waals surface area contributed by atoms with E-state index < -0.39 is 0 Å². The molecule has 0 radical (unpaired) electrons. The number of benzene rings is 4. The summed E-state index contributed by atoms with van der Waals surface area (Å²) in [7, 11) is 0. The van der Waals surface area contributed by atoms with E-state index in [4.69, 9.17) is 4.42 Å². The molecule has 3 amide bonds. The van der Waals surface area contributed by atoms with Gasteiger partial charge < -0.3 is 15.1 Å². The molecular weight excluding hydrogens is 589 g/mol. The van der Waals surface area contributed by atoms with Gasteiger partial charge in [-0.1, -0.05) is 54.6 Å². The molecule has 218 valence electrons. The number of hydrogen-bond acceptors (Lipinski definition) is 6. The molecule has 0 fully saturated rings. The Labute approximate surface area is 263 Å². The van der Waals surface area contributed by atoms with Gasteiger partial charge in [-0.15, -0.1) is 23.5 Å². The van der Waals surface area contributed by atoms with Crippen LogP contribution >= 0.6 is 23.5 Å². The first kappa shape index (κ1) is 28.1. The molecule has 7 nitrogen and oxygen atoms in total. The molecule has 1 aliphatic heterocycles. The predicted octanol–water partition coefficient (Wildman–Crippen LogP) is 8.62. The van der Waals surface area contributed by atoms with Gasteiger partial charge in [0.25, 0.3) is 0 Å². The lowest BCUT2D eigenvalue weighted by Crippen LogP contribution is -2.49. The Morgan fingerprint density at radius 1 is 0.886 bits per heavy atom. The Morgan fingerprint density at radius 2 is 1.68 bits per heavy atom. The maximum absolute atomic E-state index is 13.7. The second kappa shape index (κ2) is 12.1. The molecule has 4 aromatic carbocycles. The van der Waals surface area contributed by atoms with E-state index in [1.165, 1.54) is 11.8 Å². The van der Waals surface area contributed by atoms with Crippen molar-refractivity contribution in [2.24, 2.45) is 0 Å². The van der Waals surface area contributed by atoms with E-state index >= 15 is 0 Å². The molecule has 3 atom stereocenters. The number of amides is 3. The van der Waals surface area contributed by atoms with Crippen molar-refractivity contribution in [1.29, 1.82) is 0 Å². The van der Waals surface area contributed by atoms with Crippen LogP contribution in [0.4, 0.5) is 21.9 Å². The number of carbonyl (C=O) groups excluding carboxylic acids is 2. The number of allylic oxidation sites excluding steroid dienone is 2. The topological polar surface area (TPSA) is 87.5 Å². The second-order valence-electron chi connectivity index (χ2n) is 10.5. The van der Waals surface area contributed by atoms with Gasteiger partial charge in [0, 0.05) is 26.7 Å². The fourth-order valence-electron chi connectivity index (χ4n) is 5.25. The molecule has 0 bridgehead atoms. The summed E-state index contributed by atoms with van der Waals surface area (Å²) in [5, 5.41) is 5.86. The summed E-state index contributed by atoms with van der Waals surface area (Å²) in [5.41, 5.74) is 4.63. The average Bonchev–Trinajstić information content (AvgIpc) is 3.48. The molecule has 9 heteroatoms. The summed E-state index contributed by atoms with van der Waals surface area (Å²) < 4.78 is 5.85. The highest BCUT2D eigenvalue weighted by atomic mass is 32.2. The quantitative estimate of drug-likeness (QED) is 0.186. The van der Waals surface area contributed by atoms with Gasteiger partial charge in [-0.05, 0) is 73.7 Å². The number of thioether (sulfide) groups is 2. The summed E-state index contributed by atoms with van der Waals surface area (Å²) in [6.45, 7) is 1.86. The molecule has 0 spiro atoms. The number of aromatic nitrogens is 1. The van der Waals surface area contributed by atoms with Gasteiger partial charge in [-0.3, -0.25) is 9.69 Å². The number of nitrogens with zero attached hydrogens (tertiary/aromatic N) is 2. The van der Waals surface area contributed by atoms with Crippen LogP contribution < -0.4 is 15.5 Å². The molecular formula is C35H28N4O3S2. The minimum absolute atomic E-state index is 0.0785. The van der Waals surface area contributed by atoms with Crippen LogP contribution in [0.3, 0.4) is 0 Å². The van der Waals surface area contributed by atoms with Crippen molar-refractivity contribution in [3.05, 3.63) is 121 Å². The van der Waals surface area contributed by atoms with E-state index in [0.29, 0.717) is 17.3 Å². The Morgan fingerprint density at radius 3 is 2.55 bits per heavy atom. The SMILES string of the molecule is CC(Sc1cccc(NC(=O)N2c3ccccc3SC3C=CC=CC32)c1)C(=O)Nc1ccc(-c2nc3ccccc3o2)cc1. The molecule has 0 saturated heterocycles. The van der Waals surface area contributed by atoms with Crippen LogP contribution in [0.1, 0.15) is 6.92 Å². The summed E-state index contributed by atoms with van der Waals surface area (Å²) in [5.74, 6) is 0.417. The van der Waals surface area contributed by atoms with Gasteiger partial charge in [0.1, 0.15) is 5.52 Å². The van der Waals surface area contributed by atoms with Crippen LogP contribution in [0, 0.1) is 0 Å². The van der Waals surface area contributed by atoms with Gasteiger partial charge in [0.05, 0.1) is 22.2 Å². The number of hydrogen-bond donors (Lipinski definition) is 2. The number of oxazole rings is 1. The third-order valence-corrected chi connectivity index (χ3v) is 9.82. The number of para-hydroxylation sites is 3. The van der Waals surface area contributed by atoms with Crippen molar-refractivity contribution in [1.82, 2.24) is 4.98 Å². The highest BCUT2D eigenvalue weighted by Crippen LogP contribution is 2.43. The normalized spacial score (nSPS) is 17.5. The largest absolute Gasteiger partial charge is 0.436 e. The van der Waals surface area contributed by atoms with Gasteiger partial charge in [0.15, 0.2) is 5.58 Å². The minimum Gasteiger partial charge on any atom is -0.436 e. The fourth-order valence-corrected chi connectivity index (χ4v) is 7.43. The van der Waals surface area contributed by atoms with Crippen LogP contribution in [0.25, 0.3) is 22.6 Å². The third-order valence-electron chi connectivity index (χ3n) is 7.42. The summed E-state index contributed by atoms with van der Waals surface area (Å²) in [6.07, 6.45) is 8.24. The first-order valence-electron chi connectivity index (χ1n) is 14.3. The Balaban J connectivity index is 0.997. The van der Waals surface area contributed by atoms with E-state index in [1.807, 2.05) is 115 Å². The monoisotopic (exact) mass is 616 g/mol. The van der Waals surface area contributed by atoms with Crippen molar-refractivity contribution in [2.45, 2.75) is 33.3 Å². The number of carbonyl (C=O) groups is 2. The van der Waals surface area contributed by atoms with Crippen molar-refractivity contribution < 1.29 is 14.0 Å². The zero-order chi connectivity index (χ0) is 30.0. The van der Waals surface area contributed by atoms with E-state index in [9.17, 15) is 9.59 Å². The fraction of sp³-hybridized carbons (Fsp3) is 0.114. The maximum atomic E-state index is 13.7. The van der Waals surface area contributed by atoms with E-state index in [1.54, 1.807) is 11.8 Å². The Bertz CT molecular complexity index is 1880. The van der Waals surface area contributed by atoms with Gasteiger partial charge in [-0.25, -0.2) is 9.78 Å². The van der Waals surface area contributed by atoms with Crippen molar-refractivity contribution >= 4 is 63.6 Å². The lowest BCUT2D eigenvalue weighted by molar-refractivity contribution is -0.115. The molecule has 7 rings (SSSR count). The summed E-state index contributed by atoms with van der Waals surface area (Å²) in [4.78, 5) is 35.0. The highest BCUT2D eigenvalue weighted by Gasteiger charge is 2.36. The third kappa shape index (κ3) is 5.76. The highest BCUT2D eigenvalue weighted by molar-refractivity contribution is 8.00. The maximum Gasteiger partial charge on any atom is 0.326 e. The number of nitrogens with one attached hydrogen (secondary N) is 2. The van der Waals surface area contributed by atoms with Crippen molar-refractivity contribution in [3.8, 4) is 11.5 Å². The van der Waals surface area contributed by atoms with Crippen LogP contribution in [0.5, 0.6) is 0 Å². The lowest BCUT2D eigenvalue weighted by atomic mass is 10.1. The van der Waals surface area contributed by atoms with Crippen LogP contribution in [-0.2, 0) is 4.79 Å². The summed E-state index contributed by atoms with van der Waals surface area (Å²) >= 11 is 3.20. The molecule has 2 aliphatic rings. The molecule has 1 aromatic heterocycles. The van der Waals surface area contributed by atoms with Crippen molar-refractivity contribution in [3.63, 3.8) is 0 Å². The zero-order valence-corrected chi connectivity index (χ0v) is 25.3. The number of rotatable bonds is 6. The number of urea groups is 1. The Kier molecular flexibility index (Phi) is 7.72. The van der Waals surface area contributed by atoms with Gasteiger partial charge in [0.2, 0.25) is 11.8 Å². The Hall–Kier alpha value is -4.73. The van der Waals surface area contributed by atoms with Gasteiger partial charge in [-0.2, -0.15) is 0 Å². The predicted molar refractivity (Wildman–Crippen MR) is 179 cm³/mol. The number of anilines is 3. The van der Waals surface area contributed by atoms with Gasteiger partial charge >= 0.3 is 6.03 Å². The van der Waals surface area contributed by atoms with E-state index in [2.05, 4.69) is 33.8 Å². The summed E-state index contributed by atoms with van der Waals surface area (Å²) in [6, 6.07) is 30.4. The van der Waals surface area contributed by atoms with E-state index in [0.717, 1.165) is 32.1 Å². The molecule has 5 aromatic rings. The van der Waals surface area contributed by atoms with Crippen molar-refractivity contribution in [2.75, 3.05) is 15.5 Å². The molecule has 0 saturated carbocycles. The average molecular weight is 617 g/mol. The minimum atomic E-state index is -0.372. The molecule has 2 heterocycles. The van der Waals surface area contributed by atoms with Crippen LogP contribution in [-0.4, -0.2) is 33.5 Å². The molecule has 3 unspecified atom stereocenters. The first-order chi connectivity index (χ1) is 21.5. The molecule has 1 aliphatic carbocycles. The zero-order valence-electron chi connectivity index (χ0n) is 23.7. The molecule has 2 N–H and O–H groups in total. The number of fused-ring (bicyclic) bond motifs is 3. The molecule has 44 heavy (non-hydrogen) atoms. The first-order valence-corrected chi connectivity index (χ1v) is 16.0. The van der Waals surface area contributed by atoms with Crippen LogP contribution in [0.2, 0.25) is 0 Å². The van der Waals surface area contributed by atoms with E-state index in [-0.39, 0.29) is 28.5 Å². The standard InChI is InChI=1S/C35H28N4O3S2/c1-22(33(40)36-24-19-17-23(18-20-24)34-38-27-11-2-5-14-30(27)42-34)43-26-10-8-9-25(21-26)37-35(41)39-28-12-3-6-15-31(28)44-32-16-7-4-13-29(32)39/h2-22,28,31H,1H3,(H,36,40)(H,37,41). The smallest absolute Gasteiger partial charge is 0.326 e.